The van der Waals surface area contributed by atoms with Crippen molar-refractivity contribution in [3.05, 3.63) is 29.3 Å². The quantitative estimate of drug-likeness (QED) is 0.907. The number of piperidine rings is 1. The Morgan fingerprint density at radius 1 is 1.40 bits per heavy atom. The van der Waals surface area contributed by atoms with Crippen molar-refractivity contribution in [3.8, 4) is 5.75 Å². The fourth-order valence-corrected chi connectivity index (χ4v) is 2.57. The molecule has 1 aliphatic heterocycles. The van der Waals surface area contributed by atoms with E-state index in [1.54, 1.807) is 6.07 Å². The zero-order chi connectivity index (χ0) is 14.4. The van der Waals surface area contributed by atoms with E-state index in [1.807, 2.05) is 30.1 Å². The van der Waals surface area contributed by atoms with Crippen molar-refractivity contribution in [1.82, 2.24) is 10.2 Å². The van der Waals surface area contributed by atoms with Gasteiger partial charge in [-0.25, -0.2) is 0 Å². The van der Waals surface area contributed by atoms with Crippen LogP contribution in [0.15, 0.2) is 24.3 Å². The highest BCUT2D eigenvalue weighted by Gasteiger charge is 2.21. The summed E-state index contributed by atoms with van der Waals surface area (Å²) >= 11 is 6.00. The molecule has 4 nitrogen and oxygen atoms in total. The van der Waals surface area contributed by atoms with Crippen LogP contribution in [0.25, 0.3) is 0 Å². The van der Waals surface area contributed by atoms with Crippen molar-refractivity contribution >= 4 is 17.5 Å². The fourth-order valence-electron chi connectivity index (χ4n) is 2.38. The first kappa shape index (κ1) is 15.1. The second-order valence-corrected chi connectivity index (χ2v) is 5.42. The molecule has 2 rings (SSSR count). The first-order valence-electron chi connectivity index (χ1n) is 7.02. The van der Waals surface area contributed by atoms with E-state index in [0.29, 0.717) is 29.8 Å². The first-order valence-corrected chi connectivity index (χ1v) is 7.40. The molecule has 1 aliphatic rings. The third-order valence-corrected chi connectivity index (χ3v) is 3.97. The fraction of sp³-hybridized carbons (Fsp3) is 0.533. The molecule has 20 heavy (non-hydrogen) atoms. The standard InChI is InChI=1S/C15H21ClN2O2/c1-18(12-6-9-17-10-7-12)15(19)8-11-20-14-5-3-2-4-13(14)16/h2-5,12,17H,6-11H2,1H3. The smallest absolute Gasteiger partial charge is 0.225 e. The SMILES string of the molecule is CN(C(=O)CCOc1ccccc1Cl)C1CCNCC1. The van der Waals surface area contributed by atoms with Gasteiger partial charge in [-0.05, 0) is 38.1 Å². The van der Waals surface area contributed by atoms with Crippen molar-refractivity contribution in [3.63, 3.8) is 0 Å². The molecule has 1 amide bonds. The van der Waals surface area contributed by atoms with Gasteiger partial charge in [0.05, 0.1) is 18.1 Å². The monoisotopic (exact) mass is 296 g/mol. The topological polar surface area (TPSA) is 41.6 Å². The Morgan fingerprint density at radius 2 is 2.10 bits per heavy atom. The van der Waals surface area contributed by atoms with Gasteiger partial charge in [-0.2, -0.15) is 0 Å². The maximum absolute atomic E-state index is 12.1. The molecule has 5 heteroatoms. The summed E-state index contributed by atoms with van der Waals surface area (Å²) in [5.41, 5.74) is 0. The maximum atomic E-state index is 12.1. The van der Waals surface area contributed by atoms with Crippen molar-refractivity contribution in [2.45, 2.75) is 25.3 Å². The molecule has 0 unspecified atom stereocenters. The molecule has 0 radical (unpaired) electrons. The van der Waals surface area contributed by atoms with Crippen molar-refractivity contribution in [2.24, 2.45) is 0 Å². The van der Waals surface area contributed by atoms with E-state index in [4.69, 9.17) is 16.3 Å². The number of nitrogens with one attached hydrogen (secondary N) is 1. The number of ether oxygens (including phenoxy) is 1. The molecule has 0 bridgehead atoms. The summed E-state index contributed by atoms with van der Waals surface area (Å²) in [5, 5.41) is 3.88. The highest BCUT2D eigenvalue weighted by Crippen LogP contribution is 2.23. The summed E-state index contributed by atoms with van der Waals surface area (Å²) in [4.78, 5) is 14.0. The van der Waals surface area contributed by atoms with Crippen LogP contribution in [-0.2, 0) is 4.79 Å². The molecule has 1 heterocycles. The zero-order valence-corrected chi connectivity index (χ0v) is 12.5. The number of hydrogen-bond acceptors (Lipinski definition) is 3. The van der Waals surface area contributed by atoms with Crippen LogP contribution in [-0.4, -0.2) is 43.6 Å². The number of benzene rings is 1. The Bertz CT molecular complexity index is 447. The van der Waals surface area contributed by atoms with E-state index in [0.717, 1.165) is 25.9 Å². The van der Waals surface area contributed by atoms with Gasteiger partial charge >= 0.3 is 0 Å². The van der Waals surface area contributed by atoms with E-state index >= 15 is 0 Å². The first-order chi connectivity index (χ1) is 9.68. The number of nitrogens with zero attached hydrogens (tertiary/aromatic N) is 1. The predicted octanol–water partition coefficient (Wildman–Crippen LogP) is 2.32. The van der Waals surface area contributed by atoms with Crippen LogP contribution in [0, 0.1) is 0 Å². The number of carbonyl (C=O) groups is 1. The number of amides is 1. The summed E-state index contributed by atoms with van der Waals surface area (Å²) in [5.74, 6) is 0.760. The minimum atomic E-state index is 0.129. The highest BCUT2D eigenvalue weighted by atomic mass is 35.5. The molecule has 110 valence electrons. The van der Waals surface area contributed by atoms with Crippen molar-refractivity contribution in [1.29, 1.82) is 0 Å². The van der Waals surface area contributed by atoms with Gasteiger partial charge in [-0.1, -0.05) is 23.7 Å². The number of hydrogen-bond donors (Lipinski definition) is 1. The molecule has 0 atom stereocenters. The summed E-state index contributed by atoms with van der Waals surface area (Å²) in [6.07, 6.45) is 2.42. The van der Waals surface area contributed by atoms with Crippen molar-refractivity contribution < 1.29 is 9.53 Å². The van der Waals surface area contributed by atoms with E-state index in [9.17, 15) is 4.79 Å². The van der Waals surface area contributed by atoms with Crippen LogP contribution in [0.5, 0.6) is 5.75 Å². The predicted molar refractivity (Wildman–Crippen MR) is 80.2 cm³/mol. The summed E-state index contributed by atoms with van der Waals surface area (Å²) < 4.78 is 5.55. The lowest BCUT2D eigenvalue weighted by Crippen LogP contribution is -2.44. The maximum Gasteiger partial charge on any atom is 0.225 e. The number of para-hydroxylation sites is 1. The Labute approximate surface area is 125 Å². The number of carbonyl (C=O) groups excluding carboxylic acids is 1. The second kappa shape index (κ2) is 7.50. The van der Waals surface area contributed by atoms with Crippen LogP contribution >= 0.6 is 11.6 Å². The van der Waals surface area contributed by atoms with Crippen LogP contribution in [0.2, 0.25) is 5.02 Å². The largest absolute Gasteiger partial charge is 0.491 e. The molecule has 0 aliphatic carbocycles. The molecule has 1 N–H and O–H groups in total. The second-order valence-electron chi connectivity index (χ2n) is 5.01. The Morgan fingerprint density at radius 3 is 2.80 bits per heavy atom. The third kappa shape index (κ3) is 4.12. The molecule has 1 aromatic rings. The van der Waals surface area contributed by atoms with Crippen LogP contribution in [0.4, 0.5) is 0 Å². The minimum absolute atomic E-state index is 0.129. The lowest BCUT2D eigenvalue weighted by molar-refractivity contribution is -0.132. The summed E-state index contributed by atoms with van der Waals surface area (Å²) in [7, 11) is 1.88. The van der Waals surface area contributed by atoms with E-state index in [1.165, 1.54) is 0 Å². The van der Waals surface area contributed by atoms with Gasteiger partial charge in [0, 0.05) is 13.1 Å². The molecule has 1 aromatic carbocycles. The van der Waals surface area contributed by atoms with Crippen LogP contribution in [0.1, 0.15) is 19.3 Å². The van der Waals surface area contributed by atoms with Gasteiger partial charge in [0.2, 0.25) is 5.91 Å². The van der Waals surface area contributed by atoms with Gasteiger partial charge < -0.3 is 15.0 Å². The van der Waals surface area contributed by atoms with E-state index in [-0.39, 0.29) is 5.91 Å². The minimum Gasteiger partial charge on any atom is -0.491 e. The van der Waals surface area contributed by atoms with Gasteiger partial charge in [0.25, 0.3) is 0 Å². The Kier molecular flexibility index (Phi) is 5.68. The molecule has 1 saturated heterocycles. The molecular formula is C15H21ClN2O2. The van der Waals surface area contributed by atoms with Gasteiger partial charge in [0.1, 0.15) is 5.75 Å². The average molecular weight is 297 g/mol. The summed E-state index contributed by atoms with van der Waals surface area (Å²) in [6.45, 7) is 2.33. The average Bonchev–Trinajstić information content (AvgIpc) is 2.49. The molecule has 0 spiro atoms. The van der Waals surface area contributed by atoms with E-state index < -0.39 is 0 Å². The van der Waals surface area contributed by atoms with Crippen molar-refractivity contribution in [2.75, 3.05) is 26.7 Å². The Hall–Kier alpha value is -1.26. The lowest BCUT2D eigenvalue weighted by Gasteiger charge is -2.31. The van der Waals surface area contributed by atoms with Crippen LogP contribution < -0.4 is 10.1 Å². The highest BCUT2D eigenvalue weighted by molar-refractivity contribution is 6.32. The number of halogens is 1. The molecule has 1 fully saturated rings. The Balaban J connectivity index is 1.76. The summed E-state index contributed by atoms with van der Waals surface area (Å²) in [6, 6.07) is 7.66. The van der Waals surface area contributed by atoms with Gasteiger partial charge in [-0.3, -0.25) is 4.79 Å². The normalized spacial score (nSPS) is 15.9. The van der Waals surface area contributed by atoms with E-state index in [2.05, 4.69) is 5.32 Å². The number of rotatable bonds is 5. The van der Waals surface area contributed by atoms with Gasteiger partial charge in [0.15, 0.2) is 0 Å². The molecule has 0 aromatic heterocycles. The zero-order valence-electron chi connectivity index (χ0n) is 11.8. The molecule has 0 saturated carbocycles. The third-order valence-electron chi connectivity index (χ3n) is 3.66. The lowest BCUT2D eigenvalue weighted by atomic mass is 10.1. The van der Waals surface area contributed by atoms with Gasteiger partial charge in [-0.15, -0.1) is 0 Å². The molecular weight excluding hydrogens is 276 g/mol. The van der Waals surface area contributed by atoms with Crippen LogP contribution in [0.3, 0.4) is 0 Å².